The number of likely N-dealkylation sites (tertiary alicyclic amines) is 1. The largest absolute Gasteiger partial charge is 0.303 e. The summed E-state index contributed by atoms with van der Waals surface area (Å²) in [4.78, 5) is 14.2. The third-order valence-electron chi connectivity index (χ3n) is 3.70. The van der Waals surface area contributed by atoms with E-state index >= 15 is 0 Å². The maximum atomic E-state index is 11.8. The van der Waals surface area contributed by atoms with Crippen LogP contribution in [-0.4, -0.2) is 30.3 Å². The Labute approximate surface area is 100 Å². The first kappa shape index (κ1) is 13.7. The van der Waals surface area contributed by atoms with Gasteiger partial charge in [0.1, 0.15) is 5.78 Å². The molecule has 16 heavy (non-hydrogen) atoms. The molecular weight excluding hydrogens is 198 g/mol. The molecule has 2 nitrogen and oxygen atoms in total. The summed E-state index contributed by atoms with van der Waals surface area (Å²) in [6.07, 6.45) is 3.23. The van der Waals surface area contributed by atoms with Crippen LogP contribution in [0.25, 0.3) is 0 Å². The lowest BCUT2D eigenvalue weighted by Crippen LogP contribution is -2.39. The van der Waals surface area contributed by atoms with Crippen LogP contribution < -0.4 is 0 Å². The number of nitrogens with zero attached hydrogens (tertiary/aromatic N) is 1. The zero-order chi connectivity index (χ0) is 12.4. The Morgan fingerprint density at radius 3 is 2.12 bits per heavy atom. The molecular formula is C14H27NO. The SMILES string of the molecule is CC1(C)CCN(CCC(=O)C(C)(C)C)CC1. The van der Waals surface area contributed by atoms with Gasteiger partial charge in [-0.05, 0) is 31.3 Å². The molecule has 0 aliphatic carbocycles. The predicted octanol–water partition coefficient (Wildman–Crippen LogP) is 3.11. The van der Waals surface area contributed by atoms with E-state index in [1.165, 1.54) is 12.8 Å². The molecule has 0 aromatic heterocycles. The zero-order valence-corrected chi connectivity index (χ0v) is 11.6. The van der Waals surface area contributed by atoms with E-state index in [1.54, 1.807) is 0 Å². The molecule has 1 rings (SSSR count). The molecule has 0 aromatic rings. The van der Waals surface area contributed by atoms with Crippen molar-refractivity contribution in [3.63, 3.8) is 0 Å². The summed E-state index contributed by atoms with van der Waals surface area (Å²) in [6.45, 7) is 14.0. The first-order valence-electron chi connectivity index (χ1n) is 6.46. The molecule has 1 saturated heterocycles. The van der Waals surface area contributed by atoms with Crippen molar-refractivity contribution in [3.8, 4) is 0 Å². The second-order valence-electron chi connectivity index (χ2n) is 6.93. The van der Waals surface area contributed by atoms with Crippen molar-refractivity contribution in [1.82, 2.24) is 4.90 Å². The minimum Gasteiger partial charge on any atom is -0.303 e. The number of carbonyl (C=O) groups excluding carboxylic acids is 1. The normalized spacial score (nSPS) is 22.1. The second kappa shape index (κ2) is 4.87. The molecule has 0 unspecified atom stereocenters. The molecule has 94 valence electrons. The van der Waals surface area contributed by atoms with Crippen LogP contribution in [-0.2, 0) is 4.79 Å². The van der Waals surface area contributed by atoms with Gasteiger partial charge in [-0.15, -0.1) is 0 Å². The third kappa shape index (κ3) is 4.25. The highest BCUT2D eigenvalue weighted by atomic mass is 16.1. The van der Waals surface area contributed by atoms with E-state index in [0.29, 0.717) is 17.6 Å². The molecule has 0 N–H and O–H groups in total. The molecule has 0 radical (unpaired) electrons. The van der Waals surface area contributed by atoms with E-state index in [1.807, 2.05) is 20.8 Å². The maximum absolute atomic E-state index is 11.8. The van der Waals surface area contributed by atoms with Gasteiger partial charge in [0, 0.05) is 18.4 Å². The molecule has 0 amide bonds. The Morgan fingerprint density at radius 1 is 1.19 bits per heavy atom. The van der Waals surface area contributed by atoms with Crippen molar-refractivity contribution in [1.29, 1.82) is 0 Å². The van der Waals surface area contributed by atoms with Crippen LogP contribution in [0.1, 0.15) is 53.9 Å². The minimum absolute atomic E-state index is 0.172. The monoisotopic (exact) mass is 225 g/mol. The summed E-state index contributed by atoms with van der Waals surface area (Å²) in [5.74, 6) is 0.386. The van der Waals surface area contributed by atoms with Crippen LogP contribution in [0.5, 0.6) is 0 Å². The van der Waals surface area contributed by atoms with Gasteiger partial charge in [-0.3, -0.25) is 4.79 Å². The van der Waals surface area contributed by atoms with E-state index in [2.05, 4.69) is 18.7 Å². The number of ketones is 1. The van der Waals surface area contributed by atoms with Gasteiger partial charge < -0.3 is 4.90 Å². The fourth-order valence-electron chi connectivity index (χ4n) is 2.02. The average Bonchev–Trinajstić information content (AvgIpc) is 2.14. The van der Waals surface area contributed by atoms with Crippen LogP contribution in [0.3, 0.4) is 0 Å². The van der Waals surface area contributed by atoms with Crippen molar-refractivity contribution < 1.29 is 4.79 Å². The lowest BCUT2D eigenvalue weighted by Gasteiger charge is -2.37. The lowest BCUT2D eigenvalue weighted by atomic mass is 9.82. The second-order valence-corrected chi connectivity index (χ2v) is 6.93. The van der Waals surface area contributed by atoms with E-state index < -0.39 is 0 Å². The molecule has 1 fully saturated rings. The van der Waals surface area contributed by atoms with Crippen LogP contribution in [0.2, 0.25) is 0 Å². The summed E-state index contributed by atoms with van der Waals surface area (Å²) >= 11 is 0. The number of piperidine rings is 1. The van der Waals surface area contributed by atoms with Gasteiger partial charge in [0.15, 0.2) is 0 Å². The molecule has 0 aromatic carbocycles. The number of hydrogen-bond acceptors (Lipinski definition) is 2. The predicted molar refractivity (Wildman–Crippen MR) is 68.5 cm³/mol. The molecule has 1 aliphatic rings. The summed E-state index contributed by atoms with van der Waals surface area (Å²) in [5, 5.41) is 0. The van der Waals surface area contributed by atoms with Crippen molar-refractivity contribution in [2.75, 3.05) is 19.6 Å². The van der Waals surface area contributed by atoms with Crippen molar-refractivity contribution in [2.45, 2.75) is 53.9 Å². The molecule has 0 spiro atoms. The first-order valence-corrected chi connectivity index (χ1v) is 6.46. The Kier molecular flexibility index (Phi) is 4.17. The van der Waals surface area contributed by atoms with Gasteiger partial charge in [0.25, 0.3) is 0 Å². The Morgan fingerprint density at radius 2 is 1.69 bits per heavy atom. The van der Waals surface area contributed by atoms with Crippen LogP contribution >= 0.6 is 0 Å². The number of hydrogen-bond donors (Lipinski definition) is 0. The van der Waals surface area contributed by atoms with E-state index in [0.717, 1.165) is 19.6 Å². The van der Waals surface area contributed by atoms with Gasteiger partial charge in [0.2, 0.25) is 0 Å². The van der Waals surface area contributed by atoms with E-state index in [-0.39, 0.29) is 5.41 Å². The first-order chi connectivity index (χ1) is 7.21. The van der Waals surface area contributed by atoms with Crippen molar-refractivity contribution in [2.24, 2.45) is 10.8 Å². The Bertz CT molecular complexity index is 240. The Balaban J connectivity index is 2.28. The van der Waals surface area contributed by atoms with Crippen molar-refractivity contribution >= 4 is 5.78 Å². The van der Waals surface area contributed by atoms with Gasteiger partial charge in [-0.2, -0.15) is 0 Å². The molecule has 2 heteroatoms. The number of carbonyl (C=O) groups is 1. The van der Waals surface area contributed by atoms with Gasteiger partial charge in [0.05, 0.1) is 0 Å². The summed E-state index contributed by atoms with van der Waals surface area (Å²) < 4.78 is 0. The van der Waals surface area contributed by atoms with Gasteiger partial charge in [-0.25, -0.2) is 0 Å². The molecule has 1 heterocycles. The summed E-state index contributed by atoms with van der Waals surface area (Å²) in [7, 11) is 0. The fourth-order valence-corrected chi connectivity index (χ4v) is 2.02. The minimum atomic E-state index is -0.172. The highest BCUT2D eigenvalue weighted by Gasteiger charge is 2.26. The quantitative estimate of drug-likeness (QED) is 0.735. The standard InChI is InChI=1S/C14H27NO/c1-13(2,3)12(16)6-9-15-10-7-14(4,5)8-11-15/h6-11H2,1-5H3. The highest BCUT2D eigenvalue weighted by Crippen LogP contribution is 2.29. The smallest absolute Gasteiger partial charge is 0.139 e. The molecule has 0 atom stereocenters. The maximum Gasteiger partial charge on any atom is 0.139 e. The topological polar surface area (TPSA) is 20.3 Å². The van der Waals surface area contributed by atoms with Crippen LogP contribution in [0.4, 0.5) is 0 Å². The van der Waals surface area contributed by atoms with Crippen LogP contribution in [0.15, 0.2) is 0 Å². The van der Waals surface area contributed by atoms with E-state index in [4.69, 9.17) is 0 Å². The van der Waals surface area contributed by atoms with Gasteiger partial charge >= 0.3 is 0 Å². The van der Waals surface area contributed by atoms with Crippen LogP contribution in [0, 0.1) is 10.8 Å². The third-order valence-corrected chi connectivity index (χ3v) is 3.70. The fraction of sp³-hybridized carbons (Fsp3) is 0.929. The number of Topliss-reactive ketones (excluding diaryl/α,β-unsaturated/α-hetero) is 1. The summed E-state index contributed by atoms with van der Waals surface area (Å²) in [5.41, 5.74) is 0.333. The van der Waals surface area contributed by atoms with Crippen molar-refractivity contribution in [3.05, 3.63) is 0 Å². The summed E-state index contributed by atoms with van der Waals surface area (Å²) in [6, 6.07) is 0. The zero-order valence-electron chi connectivity index (χ0n) is 11.6. The highest BCUT2D eigenvalue weighted by molar-refractivity contribution is 5.83. The molecule has 1 aliphatic heterocycles. The molecule has 0 saturated carbocycles. The molecule has 0 bridgehead atoms. The Hall–Kier alpha value is -0.370. The van der Waals surface area contributed by atoms with Gasteiger partial charge in [-0.1, -0.05) is 34.6 Å². The van der Waals surface area contributed by atoms with E-state index in [9.17, 15) is 4.79 Å². The lowest BCUT2D eigenvalue weighted by molar-refractivity contribution is -0.126. The number of rotatable bonds is 3. The average molecular weight is 225 g/mol.